The van der Waals surface area contributed by atoms with E-state index in [2.05, 4.69) is 10.6 Å². The number of urea groups is 2. The van der Waals surface area contributed by atoms with E-state index in [-0.39, 0.29) is 31.4 Å². The van der Waals surface area contributed by atoms with Crippen LogP contribution in [0.15, 0.2) is 0 Å². The first-order chi connectivity index (χ1) is 14.3. The van der Waals surface area contributed by atoms with Crippen molar-refractivity contribution in [1.82, 2.24) is 15.7 Å². The molecule has 0 spiro atoms. The number of methoxy groups -OCH3 is 1. The summed E-state index contributed by atoms with van der Waals surface area (Å²) in [5.74, 6) is -0.682. The Morgan fingerprint density at radius 1 is 1.23 bits per heavy atom. The lowest BCUT2D eigenvalue weighted by Gasteiger charge is -2.36. The molecule has 0 radical (unpaired) electrons. The molecule has 1 aliphatic heterocycles. The third-order valence-corrected chi connectivity index (χ3v) is 6.42. The second-order valence-electron chi connectivity index (χ2n) is 8.41. The summed E-state index contributed by atoms with van der Waals surface area (Å²) in [5.41, 5.74) is 0. The van der Waals surface area contributed by atoms with Crippen LogP contribution in [0.3, 0.4) is 0 Å². The smallest absolute Gasteiger partial charge is 0.383 e. The van der Waals surface area contributed by atoms with Gasteiger partial charge in [0.05, 0.1) is 25.6 Å². The minimum absolute atomic E-state index is 0.154. The van der Waals surface area contributed by atoms with Gasteiger partial charge in [-0.2, -0.15) is 4.48 Å². The molecule has 2 rings (SSSR count). The zero-order valence-electron chi connectivity index (χ0n) is 18.0. The Kier molecular flexibility index (Phi) is 9.19. The molecule has 1 saturated carbocycles. The van der Waals surface area contributed by atoms with E-state index in [4.69, 9.17) is 4.74 Å². The van der Waals surface area contributed by atoms with Gasteiger partial charge in [0.2, 0.25) is 6.41 Å². The van der Waals surface area contributed by atoms with Crippen molar-refractivity contribution in [1.29, 1.82) is 0 Å². The summed E-state index contributed by atoms with van der Waals surface area (Å²) >= 11 is 0. The van der Waals surface area contributed by atoms with Gasteiger partial charge in [0.25, 0.3) is 0 Å². The second-order valence-corrected chi connectivity index (χ2v) is 8.41. The third kappa shape index (κ3) is 5.77. The van der Waals surface area contributed by atoms with E-state index in [0.29, 0.717) is 43.4 Å². The highest BCUT2D eigenvalue weighted by molar-refractivity contribution is 5.95. The van der Waals surface area contributed by atoms with Gasteiger partial charge in [0, 0.05) is 26.5 Å². The predicted molar refractivity (Wildman–Crippen MR) is 107 cm³/mol. The molecule has 1 heterocycles. The summed E-state index contributed by atoms with van der Waals surface area (Å²) in [7, 11) is 1.50. The molecule has 1 saturated heterocycles. The van der Waals surface area contributed by atoms with Gasteiger partial charge in [-0.25, -0.2) is 24.8 Å². The predicted octanol–water partition coefficient (Wildman–Crippen LogP) is 1.62. The summed E-state index contributed by atoms with van der Waals surface area (Å²) in [5, 5.41) is 15.1. The Morgan fingerprint density at radius 3 is 2.50 bits per heavy atom. The maximum Gasteiger partial charge on any atom is 0.432 e. The lowest BCUT2D eigenvalue weighted by Crippen LogP contribution is -2.66. The van der Waals surface area contributed by atoms with E-state index in [1.165, 1.54) is 7.11 Å². The zero-order chi connectivity index (χ0) is 22.1. The van der Waals surface area contributed by atoms with Crippen molar-refractivity contribution in [3.63, 3.8) is 0 Å². The lowest BCUT2D eigenvalue weighted by atomic mass is 9.91. The molecule has 170 valence electrons. The van der Waals surface area contributed by atoms with Gasteiger partial charge < -0.3 is 10.1 Å². The van der Waals surface area contributed by atoms with Crippen molar-refractivity contribution < 1.29 is 33.6 Å². The fraction of sp³-hybridized carbons (Fsp3) is 0.800. The first-order valence-electron chi connectivity index (χ1n) is 10.8. The van der Waals surface area contributed by atoms with Gasteiger partial charge in [0.15, 0.2) is 0 Å². The second kappa shape index (κ2) is 11.4. The van der Waals surface area contributed by atoms with E-state index >= 15 is 0 Å². The number of quaternary nitrogens is 1. The van der Waals surface area contributed by atoms with Gasteiger partial charge in [-0.3, -0.25) is 10.0 Å². The summed E-state index contributed by atoms with van der Waals surface area (Å²) in [6.07, 6.45) is 6.34. The van der Waals surface area contributed by atoms with Crippen molar-refractivity contribution >= 4 is 24.4 Å². The molecule has 2 aliphatic rings. The highest BCUT2D eigenvalue weighted by Crippen LogP contribution is 2.35. The Hall–Kier alpha value is -2.04. The van der Waals surface area contributed by atoms with Crippen molar-refractivity contribution in [2.24, 2.45) is 11.8 Å². The molecule has 2 fully saturated rings. The van der Waals surface area contributed by atoms with Gasteiger partial charge >= 0.3 is 18.0 Å². The number of hydrogen-bond donors (Lipinski definition) is 3. The van der Waals surface area contributed by atoms with E-state index < -0.39 is 22.5 Å². The van der Waals surface area contributed by atoms with Crippen LogP contribution < -0.4 is 10.6 Å². The molecule has 10 heteroatoms. The molecule has 6 amide bonds. The highest BCUT2D eigenvalue weighted by atomic mass is 16.5. The molecule has 1 aliphatic carbocycles. The number of rotatable bonds is 9. The minimum atomic E-state index is -0.675. The number of hydrogen-bond acceptors (Lipinski definition) is 6. The van der Waals surface area contributed by atoms with Crippen LogP contribution in [0.2, 0.25) is 0 Å². The number of nitrogens with one attached hydrogen (secondary N) is 2. The lowest BCUT2D eigenvalue weighted by molar-refractivity contribution is -0.786. The molecule has 0 aromatic rings. The molecular formula is C20H35N4O6+. The normalized spacial score (nSPS) is 25.0. The fourth-order valence-electron chi connectivity index (χ4n) is 4.81. The largest absolute Gasteiger partial charge is 0.432 e. The van der Waals surface area contributed by atoms with Crippen LogP contribution in [0.25, 0.3) is 0 Å². The van der Waals surface area contributed by atoms with Crippen LogP contribution in [0, 0.1) is 11.8 Å². The van der Waals surface area contributed by atoms with Crippen LogP contribution in [0.1, 0.15) is 51.9 Å². The van der Waals surface area contributed by atoms with E-state index in [0.717, 1.165) is 25.7 Å². The van der Waals surface area contributed by atoms with Crippen molar-refractivity contribution in [3.05, 3.63) is 0 Å². The SMILES string of the molecule is COCCNC(=O)NC(=O)[N+]1(C(=O)[C@H](CC2CCCC2)CN(O)C=O)CCC[C@H]1C. The minimum Gasteiger partial charge on any atom is -0.383 e. The Balaban J connectivity index is 2.20. The first-order valence-corrected chi connectivity index (χ1v) is 10.8. The van der Waals surface area contributed by atoms with Crippen molar-refractivity contribution in [2.45, 2.75) is 57.9 Å². The number of hydroxylamine groups is 2. The topological polar surface area (TPSA) is 125 Å². The molecule has 3 atom stereocenters. The van der Waals surface area contributed by atoms with Gasteiger partial charge in [-0.15, -0.1) is 0 Å². The number of nitrogens with zero attached hydrogens (tertiary/aromatic N) is 2. The van der Waals surface area contributed by atoms with Crippen LogP contribution in [0.4, 0.5) is 9.59 Å². The van der Waals surface area contributed by atoms with E-state index in [1.807, 2.05) is 6.92 Å². The zero-order valence-corrected chi connectivity index (χ0v) is 18.0. The number of carbonyl (C=O) groups excluding carboxylic acids is 4. The molecule has 30 heavy (non-hydrogen) atoms. The maximum atomic E-state index is 13.7. The van der Waals surface area contributed by atoms with Crippen LogP contribution in [0.5, 0.6) is 0 Å². The Labute approximate surface area is 177 Å². The van der Waals surface area contributed by atoms with Crippen molar-refractivity contribution in [2.75, 3.05) is 33.4 Å². The van der Waals surface area contributed by atoms with Crippen LogP contribution in [-0.2, 0) is 14.3 Å². The highest BCUT2D eigenvalue weighted by Gasteiger charge is 2.55. The molecular weight excluding hydrogens is 392 g/mol. The van der Waals surface area contributed by atoms with Gasteiger partial charge in [0.1, 0.15) is 6.04 Å². The van der Waals surface area contributed by atoms with Crippen LogP contribution in [-0.4, -0.2) is 78.5 Å². The van der Waals surface area contributed by atoms with E-state index in [9.17, 15) is 24.4 Å². The third-order valence-electron chi connectivity index (χ3n) is 6.42. The monoisotopic (exact) mass is 427 g/mol. The Morgan fingerprint density at radius 2 is 1.93 bits per heavy atom. The fourth-order valence-corrected chi connectivity index (χ4v) is 4.81. The van der Waals surface area contributed by atoms with Crippen LogP contribution >= 0.6 is 0 Å². The summed E-state index contributed by atoms with van der Waals surface area (Å²) in [4.78, 5) is 50.0. The average molecular weight is 428 g/mol. The number of imide groups is 2. The molecule has 3 N–H and O–H groups in total. The standard InChI is InChI=1S/C20H34N4O6/c1-15-6-5-10-24(15,20(28)22-19(27)21-9-11-30-2)18(26)17(13-23(29)14-25)12-16-7-3-4-8-16/h14-17,29H,3-13H2,1-2H3,(H-,21,22,27,28)/p+1/t15-,17-,24?/m1/s1. The molecule has 10 nitrogen and oxygen atoms in total. The quantitative estimate of drug-likeness (QED) is 0.169. The average Bonchev–Trinajstić information content (AvgIpc) is 3.37. The summed E-state index contributed by atoms with van der Waals surface area (Å²) in [6.45, 7) is 2.51. The summed E-state index contributed by atoms with van der Waals surface area (Å²) < 4.78 is 4.39. The molecule has 0 aromatic heterocycles. The number of ether oxygens (including phenoxy) is 1. The Bertz CT molecular complexity index is 624. The first kappa shape index (κ1) is 24.2. The number of carbonyl (C=O) groups is 4. The molecule has 1 unspecified atom stereocenters. The number of likely N-dealkylation sites (tertiary alicyclic amines) is 1. The number of amides is 6. The maximum absolute atomic E-state index is 13.7. The van der Waals surface area contributed by atoms with Gasteiger partial charge in [-0.1, -0.05) is 25.7 Å². The molecule has 0 aromatic carbocycles. The van der Waals surface area contributed by atoms with Gasteiger partial charge in [-0.05, 0) is 19.3 Å². The molecule has 0 bridgehead atoms. The van der Waals surface area contributed by atoms with Crippen molar-refractivity contribution in [3.8, 4) is 0 Å². The van der Waals surface area contributed by atoms with E-state index in [1.54, 1.807) is 0 Å². The summed E-state index contributed by atoms with van der Waals surface area (Å²) in [6, 6.07) is -1.63.